The van der Waals surface area contributed by atoms with E-state index in [2.05, 4.69) is 21.2 Å². The number of aryl methyl sites for hydroxylation is 1. The van der Waals surface area contributed by atoms with Crippen LogP contribution in [0.25, 0.3) is 11.0 Å². The summed E-state index contributed by atoms with van der Waals surface area (Å²) in [6.45, 7) is 2.91. The third-order valence-electron chi connectivity index (χ3n) is 4.48. The second-order valence-corrected chi connectivity index (χ2v) is 6.36. The van der Waals surface area contributed by atoms with Gasteiger partial charge in [-0.05, 0) is 24.6 Å². The SMILES string of the molecule is COCCNc1nc2cc(C(=O)N(C)CC3CCNN3)ccc2n1C. The van der Waals surface area contributed by atoms with E-state index < -0.39 is 0 Å². The Hall–Kier alpha value is -2.16. The van der Waals surface area contributed by atoms with Gasteiger partial charge in [-0.1, -0.05) is 0 Å². The van der Waals surface area contributed by atoms with Crippen molar-refractivity contribution in [3.05, 3.63) is 23.8 Å². The zero-order valence-corrected chi connectivity index (χ0v) is 15.0. The highest BCUT2D eigenvalue weighted by Crippen LogP contribution is 2.20. The number of hydrogen-bond acceptors (Lipinski definition) is 6. The molecule has 25 heavy (non-hydrogen) atoms. The van der Waals surface area contributed by atoms with Crippen molar-refractivity contribution in [2.45, 2.75) is 12.5 Å². The Bertz CT molecular complexity index is 738. The number of aromatic nitrogens is 2. The van der Waals surface area contributed by atoms with Crippen molar-refractivity contribution in [2.75, 3.05) is 45.7 Å². The number of likely N-dealkylation sites (N-methyl/N-ethyl adjacent to an activating group) is 1. The van der Waals surface area contributed by atoms with Crippen LogP contribution in [0.1, 0.15) is 16.8 Å². The van der Waals surface area contributed by atoms with E-state index in [0.29, 0.717) is 31.3 Å². The highest BCUT2D eigenvalue weighted by molar-refractivity contribution is 5.97. The molecular formula is C17H26N6O2. The number of rotatable bonds is 7. The molecule has 3 N–H and O–H groups in total. The fourth-order valence-electron chi connectivity index (χ4n) is 3.06. The van der Waals surface area contributed by atoms with Crippen molar-refractivity contribution in [3.63, 3.8) is 0 Å². The van der Waals surface area contributed by atoms with Gasteiger partial charge in [0.25, 0.3) is 5.91 Å². The molecule has 1 aromatic heterocycles. The van der Waals surface area contributed by atoms with Crippen molar-refractivity contribution < 1.29 is 9.53 Å². The minimum absolute atomic E-state index is 0.00939. The van der Waals surface area contributed by atoms with Crippen LogP contribution in [0.2, 0.25) is 0 Å². The maximum absolute atomic E-state index is 12.7. The summed E-state index contributed by atoms with van der Waals surface area (Å²) in [6.07, 6.45) is 1.02. The van der Waals surface area contributed by atoms with E-state index in [4.69, 9.17) is 4.74 Å². The number of imidazole rings is 1. The van der Waals surface area contributed by atoms with Crippen LogP contribution in [0.3, 0.4) is 0 Å². The molecule has 1 aromatic carbocycles. The maximum atomic E-state index is 12.7. The lowest BCUT2D eigenvalue weighted by atomic mass is 10.1. The number of benzene rings is 1. The summed E-state index contributed by atoms with van der Waals surface area (Å²) in [6, 6.07) is 5.96. The molecule has 0 bridgehead atoms. The Kier molecular flexibility index (Phi) is 5.52. The average molecular weight is 346 g/mol. The first-order valence-electron chi connectivity index (χ1n) is 8.53. The topological polar surface area (TPSA) is 83.4 Å². The minimum Gasteiger partial charge on any atom is -0.383 e. The van der Waals surface area contributed by atoms with Crippen LogP contribution in [-0.2, 0) is 11.8 Å². The Morgan fingerprint density at radius 3 is 3.08 bits per heavy atom. The van der Waals surface area contributed by atoms with E-state index >= 15 is 0 Å². The van der Waals surface area contributed by atoms with Gasteiger partial charge in [0.1, 0.15) is 0 Å². The van der Waals surface area contributed by atoms with Crippen molar-refractivity contribution >= 4 is 22.9 Å². The number of fused-ring (bicyclic) bond motifs is 1. The number of ether oxygens (including phenoxy) is 1. The Morgan fingerprint density at radius 1 is 1.52 bits per heavy atom. The lowest BCUT2D eigenvalue weighted by Crippen LogP contribution is -2.41. The number of hydrazine groups is 1. The highest BCUT2D eigenvalue weighted by Gasteiger charge is 2.20. The molecular weight excluding hydrogens is 320 g/mol. The molecule has 8 heteroatoms. The Morgan fingerprint density at radius 2 is 2.36 bits per heavy atom. The minimum atomic E-state index is 0.00939. The highest BCUT2D eigenvalue weighted by atomic mass is 16.5. The third kappa shape index (κ3) is 3.92. The van der Waals surface area contributed by atoms with Gasteiger partial charge < -0.3 is 19.5 Å². The first-order valence-corrected chi connectivity index (χ1v) is 8.53. The van der Waals surface area contributed by atoms with E-state index in [-0.39, 0.29) is 5.91 Å². The normalized spacial score (nSPS) is 17.2. The van der Waals surface area contributed by atoms with E-state index in [0.717, 1.165) is 29.9 Å². The lowest BCUT2D eigenvalue weighted by molar-refractivity contribution is 0.0783. The molecule has 1 amide bonds. The lowest BCUT2D eigenvalue weighted by Gasteiger charge is -2.21. The average Bonchev–Trinajstić information content (AvgIpc) is 3.22. The molecule has 0 saturated carbocycles. The molecule has 0 spiro atoms. The van der Waals surface area contributed by atoms with Crippen LogP contribution in [0.5, 0.6) is 0 Å². The summed E-state index contributed by atoms with van der Waals surface area (Å²) in [5, 5.41) is 3.24. The van der Waals surface area contributed by atoms with Gasteiger partial charge in [0.05, 0.1) is 17.6 Å². The number of anilines is 1. The van der Waals surface area contributed by atoms with Crippen LogP contribution < -0.4 is 16.2 Å². The molecule has 1 aliphatic heterocycles. The van der Waals surface area contributed by atoms with Crippen LogP contribution >= 0.6 is 0 Å². The zero-order chi connectivity index (χ0) is 17.8. The monoisotopic (exact) mass is 346 g/mol. The van der Waals surface area contributed by atoms with Gasteiger partial charge in [-0.15, -0.1) is 0 Å². The van der Waals surface area contributed by atoms with Gasteiger partial charge in [-0.3, -0.25) is 15.6 Å². The van der Waals surface area contributed by atoms with Crippen LogP contribution in [-0.4, -0.2) is 66.8 Å². The predicted octanol–water partition coefficient (Wildman–Crippen LogP) is 0.570. The molecule has 1 unspecified atom stereocenters. The van der Waals surface area contributed by atoms with E-state index in [1.54, 1.807) is 12.0 Å². The van der Waals surface area contributed by atoms with E-state index in [9.17, 15) is 4.79 Å². The summed E-state index contributed by atoms with van der Waals surface area (Å²) >= 11 is 0. The number of carbonyl (C=O) groups excluding carboxylic acids is 1. The molecule has 0 radical (unpaired) electrons. The molecule has 8 nitrogen and oxygen atoms in total. The quantitative estimate of drug-likeness (QED) is 0.636. The summed E-state index contributed by atoms with van der Waals surface area (Å²) in [5.41, 5.74) is 8.72. The van der Waals surface area contributed by atoms with Gasteiger partial charge in [0, 0.05) is 52.4 Å². The Balaban J connectivity index is 1.74. The maximum Gasteiger partial charge on any atom is 0.253 e. The second kappa shape index (κ2) is 7.81. The summed E-state index contributed by atoms with van der Waals surface area (Å²) < 4.78 is 7.03. The fourth-order valence-corrected chi connectivity index (χ4v) is 3.06. The summed E-state index contributed by atoms with van der Waals surface area (Å²) in [7, 11) is 5.46. The molecule has 3 rings (SSSR count). The molecule has 1 aliphatic rings. The molecule has 2 aromatic rings. The molecule has 1 atom stereocenters. The van der Waals surface area contributed by atoms with Crippen molar-refractivity contribution in [1.29, 1.82) is 0 Å². The van der Waals surface area contributed by atoms with Gasteiger partial charge in [-0.2, -0.15) is 0 Å². The number of hydrogen-bond donors (Lipinski definition) is 3. The molecule has 1 fully saturated rings. The number of nitrogens with zero attached hydrogens (tertiary/aromatic N) is 3. The van der Waals surface area contributed by atoms with Gasteiger partial charge in [-0.25, -0.2) is 4.98 Å². The van der Waals surface area contributed by atoms with E-state index in [1.807, 2.05) is 36.9 Å². The van der Waals surface area contributed by atoms with Crippen LogP contribution in [0.4, 0.5) is 5.95 Å². The molecule has 0 aliphatic carbocycles. The molecule has 136 valence electrons. The van der Waals surface area contributed by atoms with Crippen molar-refractivity contribution in [1.82, 2.24) is 25.3 Å². The van der Waals surface area contributed by atoms with Crippen molar-refractivity contribution in [2.24, 2.45) is 7.05 Å². The van der Waals surface area contributed by atoms with E-state index in [1.165, 1.54) is 0 Å². The number of methoxy groups -OCH3 is 1. The Labute approximate surface area is 147 Å². The smallest absolute Gasteiger partial charge is 0.253 e. The summed E-state index contributed by atoms with van der Waals surface area (Å²) in [5.74, 6) is 0.779. The first kappa shape index (κ1) is 17.7. The zero-order valence-electron chi connectivity index (χ0n) is 15.0. The molecule has 1 saturated heterocycles. The number of amides is 1. The number of carbonyl (C=O) groups is 1. The van der Waals surface area contributed by atoms with Crippen molar-refractivity contribution in [3.8, 4) is 0 Å². The fraction of sp³-hybridized carbons (Fsp3) is 0.529. The summed E-state index contributed by atoms with van der Waals surface area (Å²) in [4.78, 5) is 19.0. The predicted molar refractivity (Wildman–Crippen MR) is 97.6 cm³/mol. The third-order valence-corrected chi connectivity index (χ3v) is 4.48. The first-order chi connectivity index (χ1) is 12.1. The van der Waals surface area contributed by atoms with Gasteiger partial charge >= 0.3 is 0 Å². The largest absolute Gasteiger partial charge is 0.383 e. The van der Waals surface area contributed by atoms with Gasteiger partial charge in [0.15, 0.2) is 0 Å². The second-order valence-electron chi connectivity index (χ2n) is 6.36. The number of nitrogens with one attached hydrogen (secondary N) is 3. The van der Waals surface area contributed by atoms with Gasteiger partial charge in [0.2, 0.25) is 5.95 Å². The van der Waals surface area contributed by atoms with Crippen LogP contribution in [0, 0.1) is 0 Å². The molecule has 2 heterocycles. The standard InChI is InChI=1S/C17H26N6O2/c1-22(11-13-6-7-19-21-13)16(24)12-4-5-15-14(10-12)20-17(23(15)2)18-8-9-25-3/h4-5,10,13,19,21H,6-9,11H2,1-3H3,(H,18,20). The van der Waals surface area contributed by atoms with Crippen LogP contribution in [0.15, 0.2) is 18.2 Å².